The van der Waals surface area contributed by atoms with Crippen LogP contribution in [0.2, 0.25) is 0 Å². The van der Waals surface area contributed by atoms with Gasteiger partial charge in [-0.25, -0.2) is 9.61 Å². The number of nitrogen functional groups attached to an aromatic ring is 1. The Hall–Kier alpha value is -2.71. The Labute approximate surface area is 114 Å². The Morgan fingerprint density at radius 1 is 1.20 bits per heavy atom. The van der Waals surface area contributed by atoms with Crippen LogP contribution in [0.3, 0.4) is 0 Å². The lowest BCUT2D eigenvalue weighted by molar-refractivity contribution is 0.0736. The maximum absolute atomic E-state index is 12.2. The van der Waals surface area contributed by atoms with Crippen molar-refractivity contribution in [3.05, 3.63) is 24.3 Å². The fourth-order valence-corrected chi connectivity index (χ4v) is 2.09. The minimum Gasteiger partial charge on any atom is -0.379 e. The molecule has 2 N–H and O–H groups in total. The zero-order valence-electron chi connectivity index (χ0n) is 10.6. The van der Waals surface area contributed by atoms with Crippen LogP contribution in [0.1, 0.15) is 10.5 Å². The molecular weight excluding hydrogens is 262 g/mol. The number of nitrogens with zero attached hydrogens (tertiary/aromatic N) is 6. The van der Waals surface area contributed by atoms with Gasteiger partial charge in [0.1, 0.15) is 5.82 Å². The highest BCUT2D eigenvalue weighted by atomic mass is 16.6. The summed E-state index contributed by atoms with van der Waals surface area (Å²) in [6, 6.07) is 0. The summed E-state index contributed by atoms with van der Waals surface area (Å²) < 4.78 is 4.45. The molecule has 9 nitrogen and oxygen atoms in total. The summed E-state index contributed by atoms with van der Waals surface area (Å²) in [5, 5.41) is 6.94. The van der Waals surface area contributed by atoms with Crippen molar-refractivity contribution in [1.82, 2.24) is 25.2 Å². The second-order valence-corrected chi connectivity index (χ2v) is 4.34. The molecule has 2 aromatic rings. The first kappa shape index (κ1) is 12.3. The summed E-state index contributed by atoms with van der Waals surface area (Å²) in [6.45, 7) is 2.47. The zero-order valence-corrected chi connectivity index (χ0v) is 10.6. The van der Waals surface area contributed by atoms with Crippen molar-refractivity contribution in [1.29, 1.82) is 0 Å². The number of hydrogen-bond acceptors (Lipinski definition) is 8. The van der Waals surface area contributed by atoms with E-state index in [1.54, 1.807) is 23.5 Å². The van der Waals surface area contributed by atoms with Crippen molar-refractivity contribution in [2.24, 2.45) is 0 Å². The van der Waals surface area contributed by atoms with Crippen LogP contribution in [0, 0.1) is 0 Å². The van der Waals surface area contributed by atoms with Crippen LogP contribution in [0.5, 0.6) is 0 Å². The van der Waals surface area contributed by atoms with Gasteiger partial charge in [-0.3, -0.25) is 9.78 Å². The van der Waals surface area contributed by atoms with E-state index in [9.17, 15) is 4.79 Å². The van der Waals surface area contributed by atoms with Gasteiger partial charge in [-0.15, -0.1) is 0 Å². The molecule has 0 unspecified atom stereocenters. The standard InChI is InChI=1S/C11H13N7O2/c12-10-9(15-20-16-10)11(19)18-5-3-17(4-6-18)8-7-13-1-2-14-8/h1-2,7H,3-6H2,(H2,12,16). The number of nitrogens with two attached hydrogens (primary N) is 1. The average molecular weight is 275 g/mol. The molecular formula is C11H13N7O2. The predicted molar refractivity (Wildman–Crippen MR) is 68.9 cm³/mol. The second kappa shape index (κ2) is 5.11. The summed E-state index contributed by atoms with van der Waals surface area (Å²) >= 11 is 0. The SMILES string of the molecule is Nc1nonc1C(=O)N1CCN(c2cnccn2)CC1. The highest BCUT2D eigenvalue weighted by Gasteiger charge is 2.26. The number of amides is 1. The van der Waals surface area contributed by atoms with Crippen LogP contribution >= 0.6 is 0 Å². The second-order valence-electron chi connectivity index (χ2n) is 4.34. The molecule has 9 heteroatoms. The molecule has 1 saturated heterocycles. The van der Waals surface area contributed by atoms with Crippen LogP contribution in [-0.4, -0.2) is 57.3 Å². The number of aromatic nitrogens is 4. The smallest absolute Gasteiger partial charge is 0.280 e. The van der Waals surface area contributed by atoms with Gasteiger partial charge in [0.2, 0.25) is 11.5 Å². The van der Waals surface area contributed by atoms with Crippen LogP contribution in [0.4, 0.5) is 11.6 Å². The molecule has 0 bridgehead atoms. The molecule has 1 aliphatic rings. The molecule has 20 heavy (non-hydrogen) atoms. The Morgan fingerprint density at radius 2 is 2.00 bits per heavy atom. The van der Waals surface area contributed by atoms with Gasteiger partial charge in [0.05, 0.1) is 6.20 Å². The quantitative estimate of drug-likeness (QED) is 0.773. The third-order valence-corrected chi connectivity index (χ3v) is 3.16. The first-order valence-corrected chi connectivity index (χ1v) is 6.14. The van der Waals surface area contributed by atoms with Crippen molar-refractivity contribution in [2.75, 3.05) is 36.8 Å². The molecule has 1 aliphatic heterocycles. The van der Waals surface area contributed by atoms with Gasteiger partial charge >= 0.3 is 0 Å². The molecule has 0 saturated carbocycles. The molecule has 0 spiro atoms. The maximum Gasteiger partial charge on any atom is 0.280 e. The lowest BCUT2D eigenvalue weighted by Crippen LogP contribution is -2.49. The predicted octanol–water partition coefficient (Wildman–Crippen LogP) is -0.596. The first-order valence-electron chi connectivity index (χ1n) is 6.14. The molecule has 3 rings (SSSR count). The Kier molecular flexibility index (Phi) is 3.15. The van der Waals surface area contributed by atoms with E-state index in [1.807, 2.05) is 0 Å². The van der Waals surface area contributed by atoms with Crippen LogP contribution in [-0.2, 0) is 0 Å². The van der Waals surface area contributed by atoms with E-state index in [0.717, 1.165) is 5.82 Å². The van der Waals surface area contributed by atoms with Crippen molar-refractivity contribution in [3.63, 3.8) is 0 Å². The monoisotopic (exact) mass is 275 g/mol. The van der Waals surface area contributed by atoms with Gasteiger partial charge in [0.25, 0.3) is 5.91 Å². The molecule has 0 aromatic carbocycles. The van der Waals surface area contributed by atoms with Gasteiger partial charge in [-0.1, -0.05) is 0 Å². The van der Waals surface area contributed by atoms with Crippen LogP contribution in [0.15, 0.2) is 23.2 Å². The maximum atomic E-state index is 12.2. The van der Waals surface area contributed by atoms with Crippen molar-refractivity contribution in [3.8, 4) is 0 Å². The van der Waals surface area contributed by atoms with E-state index >= 15 is 0 Å². The van der Waals surface area contributed by atoms with E-state index in [0.29, 0.717) is 26.2 Å². The molecule has 0 radical (unpaired) electrons. The lowest BCUT2D eigenvalue weighted by atomic mass is 10.2. The van der Waals surface area contributed by atoms with E-state index in [2.05, 4.69) is 29.8 Å². The van der Waals surface area contributed by atoms with Gasteiger partial charge in [-0.2, -0.15) is 0 Å². The van der Waals surface area contributed by atoms with Crippen molar-refractivity contribution < 1.29 is 9.42 Å². The molecule has 1 amide bonds. The number of rotatable bonds is 2. The third kappa shape index (κ3) is 2.25. The van der Waals surface area contributed by atoms with E-state index in [-0.39, 0.29) is 17.4 Å². The molecule has 2 aromatic heterocycles. The number of anilines is 2. The first-order chi connectivity index (χ1) is 9.75. The summed E-state index contributed by atoms with van der Waals surface area (Å²) in [6.07, 6.45) is 4.98. The highest BCUT2D eigenvalue weighted by molar-refractivity contribution is 5.96. The van der Waals surface area contributed by atoms with Gasteiger partial charge < -0.3 is 15.5 Å². The lowest BCUT2D eigenvalue weighted by Gasteiger charge is -2.34. The summed E-state index contributed by atoms with van der Waals surface area (Å²) in [7, 11) is 0. The molecule has 0 atom stereocenters. The fraction of sp³-hybridized carbons (Fsp3) is 0.364. The Balaban J connectivity index is 1.64. The van der Waals surface area contributed by atoms with Gasteiger partial charge in [0, 0.05) is 38.6 Å². The van der Waals surface area contributed by atoms with Gasteiger partial charge in [-0.05, 0) is 10.3 Å². The number of carbonyl (C=O) groups excluding carboxylic acids is 1. The van der Waals surface area contributed by atoms with Crippen LogP contribution in [0.25, 0.3) is 0 Å². The molecule has 104 valence electrons. The summed E-state index contributed by atoms with van der Waals surface area (Å²) in [4.78, 5) is 24.2. The molecule has 3 heterocycles. The number of carbonyl (C=O) groups is 1. The highest BCUT2D eigenvalue weighted by Crippen LogP contribution is 2.14. The number of piperazine rings is 1. The van der Waals surface area contributed by atoms with Crippen LogP contribution < -0.4 is 10.6 Å². The van der Waals surface area contributed by atoms with E-state index in [4.69, 9.17) is 5.73 Å². The topological polar surface area (TPSA) is 114 Å². The zero-order chi connectivity index (χ0) is 13.9. The number of hydrogen-bond donors (Lipinski definition) is 1. The largest absolute Gasteiger partial charge is 0.379 e. The summed E-state index contributed by atoms with van der Waals surface area (Å²) in [5.41, 5.74) is 5.59. The van der Waals surface area contributed by atoms with Crippen molar-refractivity contribution in [2.45, 2.75) is 0 Å². The van der Waals surface area contributed by atoms with Crippen molar-refractivity contribution >= 4 is 17.5 Å². The Bertz CT molecular complexity index is 592. The molecule has 0 aliphatic carbocycles. The normalized spacial score (nSPS) is 15.4. The Morgan fingerprint density at radius 3 is 2.60 bits per heavy atom. The van der Waals surface area contributed by atoms with E-state index in [1.165, 1.54) is 0 Å². The average Bonchev–Trinajstić information content (AvgIpc) is 2.94. The van der Waals surface area contributed by atoms with Gasteiger partial charge in [0.15, 0.2) is 0 Å². The van der Waals surface area contributed by atoms with E-state index < -0.39 is 0 Å². The molecule has 1 fully saturated rings. The minimum atomic E-state index is -0.262. The summed E-state index contributed by atoms with van der Waals surface area (Å²) in [5.74, 6) is 0.566. The fourth-order valence-electron chi connectivity index (χ4n) is 2.09. The third-order valence-electron chi connectivity index (χ3n) is 3.16. The minimum absolute atomic E-state index is 0.0198.